The topological polar surface area (TPSA) is 18.5 Å². The molecular weight excluding hydrogens is 140 g/mol. The van der Waals surface area contributed by atoms with Crippen LogP contribution in [-0.4, -0.2) is 19.0 Å². The first-order chi connectivity index (χ1) is 5.27. The molecule has 1 saturated heterocycles. The van der Waals surface area contributed by atoms with Crippen LogP contribution in [0, 0.1) is 0 Å². The van der Waals surface area contributed by atoms with E-state index in [9.17, 15) is 0 Å². The summed E-state index contributed by atoms with van der Waals surface area (Å²) in [5.41, 5.74) is 0. The van der Waals surface area contributed by atoms with Crippen molar-refractivity contribution in [3.63, 3.8) is 0 Å². The van der Waals surface area contributed by atoms with Crippen molar-refractivity contribution >= 4 is 0 Å². The third-order valence-corrected chi connectivity index (χ3v) is 1.94. The van der Waals surface area contributed by atoms with Crippen LogP contribution in [0.5, 0.6) is 0 Å². The fourth-order valence-electron chi connectivity index (χ4n) is 1.27. The molecule has 11 heavy (non-hydrogen) atoms. The predicted molar refractivity (Wildman–Crippen MR) is 44.4 cm³/mol. The standard InChI is InChI=1S/C9H16O2/c1-3-4-5-6-9(2)10-7-8-11-9/h3H,1,4-8H2,2H3. The zero-order valence-electron chi connectivity index (χ0n) is 7.14. The normalized spacial score (nSPS) is 21.9. The van der Waals surface area contributed by atoms with Gasteiger partial charge in [0.25, 0.3) is 0 Å². The van der Waals surface area contributed by atoms with Gasteiger partial charge >= 0.3 is 0 Å². The first-order valence-corrected chi connectivity index (χ1v) is 4.16. The minimum Gasteiger partial charge on any atom is -0.348 e. The lowest BCUT2D eigenvalue weighted by Gasteiger charge is -2.21. The van der Waals surface area contributed by atoms with Crippen LogP contribution in [0.15, 0.2) is 12.7 Å². The highest BCUT2D eigenvalue weighted by Crippen LogP contribution is 2.24. The van der Waals surface area contributed by atoms with E-state index >= 15 is 0 Å². The van der Waals surface area contributed by atoms with Gasteiger partial charge in [-0.2, -0.15) is 0 Å². The van der Waals surface area contributed by atoms with E-state index in [2.05, 4.69) is 6.58 Å². The Morgan fingerprint density at radius 3 is 2.64 bits per heavy atom. The number of hydrogen-bond acceptors (Lipinski definition) is 2. The van der Waals surface area contributed by atoms with E-state index in [-0.39, 0.29) is 5.79 Å². The summed E-state index contributed by atoms with van der Waals surface area (Å²) in [7, 11) is 0. The lowest BCUT2D eigenvalue weighted by atomic mass is 10.1. The molecule has 2 heteroatoms. The fraction of sp³-hybridized carbons (Fsp3) is 0.778. The SMILES string of the molecule is C=CCCCC1(C)OCCO1. The average molecular weight is 156 g/mol. The van der Waals surface area contributed by atoms with Crippen LogP contribution in [0.25, 0.3) is 0 Å². The molecule has 1 rings (SSSR count). The van der Waals surface area contributed by atoms with Crippen LogP contribution in [0.4, 0.5) is 0 Å². The third-order valence-electron chi connectivity index (χ3n) is 1.94. The monoisotopic (exact) mass is 156 g/mol. The zero-order chi connectivity index (χ0) is 8.16. The first-order valence-electron chi connectivity index (χ1n) is 4.16. The molecule has 1 aliphatic heterocycles. The molecule has 0 aromatic carbocycles. The summed E-state index contributed by atoms with van der Waals surface area (Å²) >= 11 is 0. The quantitative estimate of drug-likeness (QED) is 0.458. The number of rotatable bonds is 4. The van der Waals surface area contributed by atoms with Crippen LogP contribution >= 0.6 is 0 Å². The molecule has 1 heterocycles. The molecule has 0 amide bonds. The molecule has 2 nitrogen and oxygen atoms in total. The van der Waals surface area contributed by atoms with Gasteiger partial charge in [-0.3, -0.25) is 0 Å². The minimum atomic E-state index is -0.303. The minimum absolute atomic E-state index is 0.303. The van der Waals surface area contributed by atoms with Gasteiger partial charge in [0.05, 0.1) is 13.2 Å². The second-order valence-corrected chi connectivity index (χ2v) is 3.01. The molecule has 0 unspecified atom stereocenters. The van der Waals surface area contributed by atoms with Crippen molar-refractivity contribution < 1.29 is 9.47 Å². The fourth-order valence-corrected chi connectivity index (χ4v) is 1.27. The molecule has 64 valence electrons. The maximum Gasteiger partial charge on any atom is 0.165 e. The van der Waals surface area contributed by atoms with Crippen molar-refractivity contribution in [1.82, 2.24) is 0 Å². The van der Waals surface area contributed by atoms with Crippen molar-refractivity contribution in [2.75, 3.05) is 13.2 Å². The van der Waals surface area contributed by atoms with Crippen molar-refractivity contribution in [1.29, 1.82) is 0 Å². The summed E-state index contributed by atoms with van der Waals surface area (Å²) in [6.07, 6.45) is 5.04. The molecule has 0 saturated carbocycles. The summed E-state index contributed by atoms with van der Waals surface area (Å²) in [5.74, 6) is -0.303. The van der Waals surface area contributed by atoms with Gasteiger partial charge in [-0.25, -0.2) is 0 Å². The molecule has 0 aromatic heterocycles. The Labute approximate surface area is 68.2 Å². The molecule has 0 aromatic rings. The highest BCUT2D eigenvalue weighted by atomic mass is 16.7. The van der Waals surface area contributed by atoms with Crippen LogP contribution in [0.1, 0.15) is 26.2 Å². The molecule has 0 spiro atoms. The maximum absolute atomic E-state index is 5.43. The van der Waals surface area contributed by atoms with E-state index in [1.54, 1.807) is 0 Å². The molecule has 1 aliphatic rings. The second kappa shape index (κ2) is 3.88. The van der Waals surface area contributed by atoms with E-state index in [1.807, 2.05) is 13.0 Å². The second-order valence-electron chi connectivity index (χ2n) is 3.01. The van der Waals surface area contributed by atoms with Crippen LogP contribution in [-0.2, 0) is 9.47 Å². The Hall–Kier alpha value is -0.340. The van der Waals surface area contributed by atoms with Crippen LogP contribution < -0.4 is 0 Å². The van der Waals surface area contributed by atoms with Crippen molar-refractivity contribution in [3.05, 3.63) is 12.7 Å². The molecule has 0 aliphatic carbocycles. The Morgan fingerprint density at radius 2 is 2.09 bits per heavy atom. The van der Waals surface area contributed by atoms with E-state index in [1.165, 1.54) is 0 Å². The largest absolute Gasteiger partial charge is 0.348 e. The summed E-state index contributed by atoms with van der Waals surface area (Å²) in [4.78, 5) is 0. The molecule has 1 fully saturated rings. The maximum atomic E-state index is 5.43. The Bertz CT molecular complexity index is 126. The summed E-state index contributed by atoms with van der Waals surface area (Å²) in [6, 6.07) is 0. The smallest absolute Gasteiger partial charge is 0.165 e. The van der Waals surface area contributed by atoms with Crippen LogP contribution in [0.3, 0.4) is 0 Å². The molecule has 0 atom stereocenters. The number of unbranched alkanes of at least 4 members (excludes halogenated alkanes) is 1. The van der Waals surface area contributed by atoms with E-state index < -0.39 is 0 Å². The third kappa shape index (κ3) is 2.64. The van der Waals surface area contributed by atoms with E-state index in [0.717, 1.165) is 32.5 Å². The van der Waals surface area contributed by atoms with Crippen molar-refractivity contribution in [3.8, 4) is 0 Å². The Morgan fingerprint density at radius 1 is 1.45 bits per heavy atom. The van der Waals surface area contributed by atoms with E-state index in [0.29, 0.717) is 0 Å². The van der Waals surface area contributed by atoms with Gasteiger partial charge in [-0.05, 0) is 19.8 Å². The van der Waals surface area contributed by atoms with Crippen molar-refractivity contribution in [2.24, 2.45) is 0 Å². The molecular formula is C9H16O2. The van der Waals surface area contributed by atoms with Gasteiger partial charge in [0.1, 0.15) is 0 Å². The lowest BCUT2D eigenvalue weighted by molar-refractivity contribution is -0.147. The first kappa shape index (κ1) is 8.75. The number of hydrogen-bond donors (Lipinski definition) is 0. The highest BCUT2D eigenvalue weighted by Gasteiger charge is 2.29. The number of allylic oxidation sites excluding steroid dienone is 1. The van der Waals surface area contributed by atoms with Crippen LogP contribution in [0.2, 0.25) is 0 Å². The Balaban J connectivity index is 2.17. The summed E-state index contributed by atoms with van der Waals surface area (Å²) in [5, 5.41) is 0. The van der Waals surface area contributed by atoms with Gasteiger partial charge in [-0.1, -0.05) is 6.08 Å². The lowest BCUT2D eigenvalue weighted by Crippen LogP contribution is -2.24. The van der Waals surface area contributed by atoms with E-state index in [4.69, 9.17) is 9.47 Å². The molecule has 0 bridgehead atoms. The van der Waals surface area contributed by atoms with Gasteiger partial charge in [0, 0.05) is 6.42 Å². The predicted octanol–water partition coefficient (Wildman–Crippen LogP) is 2.11. The van der Waals surface area contributed by atoms with Crippen molar-refractivity contribution in [2.45, 2.75) is 32.0 Å². The Kier molecular flexibility index (Phi) is 3.09. The van der Waals surface area contributed by atoms with Gasteiger partial charge in [0.15, 0.2) is 5.79 Å². The number of ether oxygens (including phenoxy) is 2. The highest BCUT2D eigenvalue weighted by molar-refractivity contribution is 4.72. The summed E-state index contributed by atoms with van der Waals surface area (Å²) < 4.78 is 10.9. The zero-order valence-corrected chi connectivity index (χ0v) is 7.14. The summed E-state index contributed by atoms with van der Waals surface area (Å²) in [6.45, 7) is 7.15. The van der Waals surface area contributed by atoms with Gasteiger partial charge in [0.2, 0.25) is 0 Å². The molecule has 0 radical (unpaired) electrons. The van der Waals surface area contributed by atoms with Gasteiger partial charge < -0.3 is 9.47 Å². The average Bonchev–Trinajstić information content (AvgIpc) is 2.38. The van der Waals surface area contributed by atoms with Gasteiger partial charge in [-0.15, -0.1) is 6.58 Å². The molecule has 0 N–H and O–H groups in total.